The molecule has 434 valence electrons. The van der Waals surface area contributed by atoms with Gasteiger partial charge < -0.3 is 71.5 Å². The van der Waals surface area contributed by atoms with E-state index in [9.17, 15) is 28.8 Å². The Morgan fingerprint density at radius 1 is 0.219 bits per heavy atom. The monoisotopic (exact) mass is 1060 g/mol. The molecule has 0 spiro atoms. The van der Waals surface area contributed by atoms with Gasteiger partial charge in [-0.2, -0.15) is 0 Å². The molecule has 0 saturated heterocycles. The van der Waals surface area contributed by atoms with Crippen LogP contribution in [0.3, 0.4) is 0 Å². The van der Waals surface area contributed by atoms with Gasteiger partial charge in [0.2, 0.25) is 0 Å². The van der Waals surface area contributed by atoms with Gasteiger partial charge in [-0.15, -0.1) is 0 Å². The maximum Gasteiger partial charge on any atom is 0.132 e. The van der Waals surface area contributed by atoms with Crippen LogP contribution in [0.4, 0.5) is 0 Å². The van der Waals surface area contributed by atoms with Gasteiger partial charge in [0.15, 0.2) is 0 Å². The summed E-state index contributed by atoms with van der Waals surface area (Å²) in [6.45, 7) is 27.3. The Balaban J connectivity index is -0.000000486. The second-order valence-corrected chi connectivity index (χ2v) is 17.0. The molecule has 21 nitrogen and oxygen atoms in total. The first-order chi connectivity index (χ1) is 34.6. The second kappa shape index (κ2) is 62.0. The van der Waals surface area contributed by atoms with E-state index in [1.807, 2.05) is 21.1 Å². The first kappa shape index (κ1) is 76.9. The molecule has 0 aromatic heterocycles. The summed E-state index contributed by atoms with van der Waals surface area (Å²) < 4.78 is 64.4. The van der Waals surface area contributed by atoms with Crippen molar-refractivity contribution in [3.05, 3.63) is 0 Å². The molecule has 0 saturated carbocycles. The van der Waals surface area contributed by atoms with Gasteiger partial charge in [-0.05, 0) is 62.7 Å². The van der Waals surface area contributed by atoms with Crippen molar-refractivity contribution < 1.29 is 85.6 Å². The maximum atomic E-state index is 10.7. The van der Waals surface area contributed by atoms with Gasteiger partial charge in [-0.3, -0.25) is 28.8 Å². The van der Waals surface area contributed by atoms with Gasteiger partial charge in [-0.25, -0.2) is 0 Å². The molecule has 0 fully saturated rings. The summed E-state index contributed by atoms with van der Waals surface area (Å²) in [7, 11) is 6.03. The highest BCUT2D eigenvalue weighted by Crippen LogP contribution is 1.93. The number of hydrogen-bond donors (Lipinski definition) is 0. The van der Waals surface area contributed by atoms with Crippen LogP contribution in [-0.2, 0) is 85.6 Å². The van der Waals surface area contributed by atoms with Crippen molar-refractivity contribution in [3.63, 3.8) is 0 Å². The van der Waals surface area contributed by atoms with Gasteiger partial charge in [-0.1, -0.05) is 7.43 Å². The van der Waals surface area contributed by atoms with Crippen LogP contribution in [0, 0.1) is 0 Å². The SMILES string of the molecule is C.CC(=O)CCOCCOCCN(C)CCOCCOCCC(C)=O.CC(=O)CCOCCOCCN(C)CCOCCOCCC(C)=O.CC(=O)CCOCCOCCOCCN(C)CCOCCC(C)=O. The minimum Gasteiger partial charge on any atom is -0.380 e. The molecule has 0 aliphatic heterocycles. The van der Waals surface area contributed by atoms with Crippen molar-refractivity contribution in [2.75, 3.05) is 219 Å². The largest absolute Gasteiger partial charge is 0.380 e. The summed E-state index contributed by atoms with van der Waals surface area (Å²) in [5.74, 6) is 0.855. The molecular formula is C52H103N3O18. The molecule has 0 atom stereocenters. The summed E-state index contributed by atoms with van der Waals surface area (Å²) in [6.07, 6.45) is 2.79. The standard InChI is InChI=1S/3C17H33NO6.CH4/c2*1-16(19)4-8-21-12-14-23-10-6-18(3)7-11-24-15-13-22-9-5-17(2)20;1-16(19)4-8-21-10-6-18(3)7-11-23-13-15-24-14-12-22-9-5-17(2)20;/h3*4-15H2,1-3H3;1H4. The number of hydrogen-bond acceptors (Lipinski definition) is 21. The Kier molecular flexibility index (Phi) is 65.3. The molecular weight excluding hydrogens is 955 g/mol. The topological polar surface area (TPSA) is 223 Å². The lowest BCUT2D eigenvalue weighted by molar-refractivity contribution is -0.119. The lowest BCUT2D eigenvalue weighted by Crippen LogP contribution is -2.28. The lowest BCUT2D eigenvalue weighted by atomic mass is 10.3. The molecule has 0 aliphatic carbocycles. The van der Waals surface area contributed by atoms with Crippen molar-refractivity contribution in [1.82, 2.24) is 14.7 Å². The van der Waals surface area contributed by atoms with E-state index < -0.39 is 0 Å². The lowest BCUT2D eigenvalue weighted by Gasteiger charge is -2.16. The first-order valence-electron chi connectivity index (χ1n) is 25.5. The van der Waals surface area contributed by atoms with E-state index in [1.165, 1.54) is 0 Å². The van der Waals surface area contributed by atoms with E-state index >= 15 is 0 Å². The van der Waals surface area contributed by atoms with Gasteiger partial charge in [0.1, 0.15) is 34.7 Å². The van der Waals surface area contributed by atoms with Crippen LogP contribution in [0.15, 0.2) is 0 Å². The number of rotatable bonds is 54. The summed E-state index contributed by atoms with van der Waals surface area (Å²) in [5, 5.41) is 0. The predicted molar refractivity (Wildman–Crippen MR) is 281 cm³/mol. The number of likely N-dealkylation sites (N-methyl/N-ethyl adjacent to an activating group) is 3. The molecule has 0 aromatic carbocycles. The zero-order chi connectivity index (χ0) is 54.1. The van der Waals surface area contributed by atoms with Crippen molar-refractivity contribution in [3.8, 4) is 0 Å². The number of nitrogens with zero attached hydrogens (tertiary/aromatic N) is 3. The zero-order valence-corrected chi connectivity index (χ0v) is 46.1. The maximum absolute atomic E-state index is 10.7. The Bertz CT molecular complexity index is 1150. The molecule has 0 aliphatic rings. The molecule has 0 bridgehead atoms. The summed E-state index contributed by atoms with van der Waals surface area (Å²) in [5.41, 5.74) is 0. The van der Waals surface area contributed by atoms with Crippen LogP contribution >= 0.6 is 0 Å². The van der Waals surface area contributed by atoms with Crippen LogP contribution in [0.5, 0.6) is 0 Å². The van der Waals surface area contributed by atoms with Crippen molar-refractivity contribution in [2.45, 2.75) is 87.5 Å². The molecule has 0 unspecified atom stereocenters. The smallest absolute Gasteiger partial charge is 0.132 e. The zero-order valence-electron chi connectivity index (χ0n) is 46.1. The van der Waals surface area contributed by atoms with Crippen LogP contribution in [0.2, 0.25) is 0 Å². The summed E-state index contributed by atoms with van der Waals surface area (Å²) >= 11 is 0. The van der Waals surface area contributed by atoms with Gasteiger partial charge in [0.05, 0.1) is 159 Å². The minimum atomic E-state index is 0. The highest BCUT2D eigenvalue weighted by Gasteiger charge is 2.03. The fourth-order valence-corrected chi connectivity index (χ4v) is 4.88. The van der Waals surface area contributed by atoms with E-state index in [0.717, 1.165) is 39.3 Å². The van der Waals surface area contributed by atoms with Crippen LogP contribution in [0.25, 0.3) is 0 Å². The van der Waals surface area contributed by atoms with E-state index in [1.54, 1.807) is 41.5 Å². The van der Waals surface area contributed by atoms with Crippen molar-refractivity contribution in [2.24, 2.45) is 0 Å². The van der Waals surface area contributed by atoms with E-state index in [4.69, 9.17) is 56.8 Å². The molecule has 21 heteroatoms. The number of Topliss-reactive ketones (excluding diaryl/α,β-unsaturated/α-hetero) is 6. The minimum absolute atomic E-state index is 0. The Morgan fingerprint density at radius 3 is 0.466 bits per heavy atom. The third-order valence-corrected chi connectivity index (χ3v) is 9.53. The predicted octanol–water partition coefficient (Wildman–Crippen LogP) is 3.46. The highest BCUT2D eigenvalue weighted by atomic mass is 16.6. The van der Waals surface area contributed by atoms with Gasteiger partial charge in [0, 0.05) is 77.8 Å². The molecule has 73 heavy (non-hydrogen) atoms. The fraction of sp³-hybridized carbons (Fsp3) is 0.885. The molecule has 0 N–H and O–H groups in total. The number of ketones is 6. The van der Waals surface area contributed by atoms with Gasteiger partial charge in [0.25, 0.3) is 0 Å². The Hall–Kier alpha value is -2.58. The molecule has 0 rings (SSSR count). The van der Waals surface area contributed by atoms with Crippen LogP contribution in [-0.4, -0.2) is 268 Å². The normalized spacial score (nSPS) is 11.0. The van der Waals surface area contributed by atoms with E-state index in [2.05, 4.69) is 14.7 Å². The number of carbonyl (C=O) groups is 6. The molecule has 0 aromatic rings. The molecule has 0 radical (unpaired) electrons. The summed E-state index contributed by atoms with van der Waals surface area (Å²) in [4.78, 5) is 70.6. The average molecular weight is 1060 g/mol. The van der Waals surface area contributed by atoms with E-state index in [0.29, 0.717) is 197 Å². The second-order valence-electron chi connectivity index (χ2n) is 17.0. The first-order valence-corrected chi connectivity index (χ1v) is 25.5. The average Bonchev–Trinajstić information content (AvgIpc) is 3.31. The third kappa shape index (κ3) is 78.5. The van der Waals surface area contributed by atoms with Crippen LogP contribution in [0.1, 0.15) is 87.5 Å². The fourth-order valence-electron chi connectivity index (χ4n) is 4.88. The van der Waals surface area contributed by atoms with Gasteiger partial charge >= 0.3 is 0 Å². The van der Waals surface area contributed by atoms with Crippen LogP contribution < -0.4 is 0 Å². The molecule has 0 heterocycles. The van der Waals surface area contributed by atoms with Crippen molar-refractivity contribution >= 4 is 34.7 Å². The molecule has 0 amide bonds. The quantitative estimate of drug-likeness (QED) is 0.0796. The third-order valence-electron chi connectivity index (χ3n) is 9.53. The highest BCUT2D eigenvalue weighted by molar-refractivity contribution is 5.77. The summed E-state index contributed by atoms with van der Waals surface area (Å²) in [6, 6.07) is 0. The Labute approximate surface area is 440 Å². The Morgan fingerprint density at radius 2 is 0.329 bits per heavy atom. The number of ether oxygens (including phenoxy) is 12. The number of carbonyl (C=O) groups excluding carboxylic acids is 6. The van der Waals surface area contributed by atoms with E-state index in [-0.39, 0.29) is 42.1 Å². The van der Waals surface area contributed by atoms with Crippen molar-refractivity contribution in [1.29, 1.82) is 0 Å².